The van der Waals surface area contributed by atoms with Crippen molar-refractivity contribution in [3.05, 3.63) is 61.4 Å². The van der Waals surface area contributed by atoms with E-state index in [1.165, 1.54) is 0 Å². The Hall–Kier alpha value is -3.07. The summed E-state index contributed by atoms with van der Waals surface area (Å²) in [6, 6.07) is 3.99. The average Bonchev–Trinajstić information content (AvgIpc) is 3.20. The van der Waals surface area contributed by atoms with Crippen molar-refractivity contribution in [1.82, 2.24) is 14.9 Å². The minimum absolute atomic E-state index is 0.0350. The van der Waals surface area contributed by atoms with Gasteiger partial charge in [0.25, 0.3) is 0 Å². The Morgan fingerprint density at radius 1 is 1.12 bits per heavy atom. The zero-order chi connectivity index (χ0) is 23.6. The van der Waals surface area contributed by atoms with Gasteiger partial charge < -0.3 is 14.1 Å². The SMILES string of the molecule is CCc1cc2c(oc(=O)c3c[nH]c4c(sc5nc(C)cc(C)c54)c32)c(CN2CCOCC2)c1=O. The lowest BCUT2D eigenvalue weighted by molar-refractivity contribution is 0.0341. The van der Waals surface area contributed by atoms with E-state index in [0.29, 0.717) is 42.7 Å². The molecule has 1 aliphatic heterocycles. The number of benzene rings is 1. The third-order valence-electron chi connectivity index (χ3n) is 6.80. The Morgan fingerprint density at radius 2 is 1.91 bits per heavy atom. The lowest BCUT2D eigenvalue weighted by Crippen LogP contribution is -2.37. The third-order valence-corrected chi connectivity index (χ3v) is 7.90. The molecule has 0 radical (unpaired) electrons. The van der Waals surface area contributed by atoms with Crippen molar-refractivity contribution in [3.63, 3.8) is 0 Å². The van der Waals surface area contributed by atoms with Crippen LogP contribution in [0.25, 0.3) is 42.2 Å². The van der Waals surface area contributed by atoms with Crippen LogP contribution in [-0.2, 0) is 17.7 Å². The van der Waals surface area contributed by atoms with Gasteiger partial charge in [0.1, 0.15) is 10.4 Å². The summed E-state index contributed by atoms with van der Waals surface area (Å²) in [7, 11) is 0. The number of fused-ring (bicyclic) bond motifs is 7. The summed E-state index contributed by atoms with van der Waals surface area (Å²) >= 11 is 1.57. The number of ether oxygens (including phenoxy) is 1. The smallest absolute Gasteiger partial charge is 0.345 e. The Morgan fingerprint density at radius 3 is 2.68 bits per heavy atom. The molecule has 0 atom stereocenters. The van der Waals surface area contributed by atoms with Crippen LogP contribution in [0, 0.1) is 13.8 Å². The highest BCUT2D eigenvalue weighted by Gasteiger charge is 2.23. The van der Waals surface area contributed by atoms with Crippen LogP contribution in [0.15, 0.2) is 32.3 Å². The molecule has 6 rings (SSSR count). The van der Waals surface area contributed by atoms with E-state index >= 15 is 0 Å². The normalized spacial score (nSPS) is 15.3. The maximum absolute atomic E-state index is 13.4. The van der Waals surface area contributed by atoms with Crippen molar-refractivity contribution < 1.29 is 9.15 Å². The number of nitrogens with zero attached hydrogens (tertiary/aromatic N) is 2. The highest BCUT2D eigenvalue weighted by molar-refractivity contribution is 7.26. The average molecular weight is 476 g/mol. The molecular formula is C26H25N3O4S. The number of thiophene rings is 1. The number of rotatable bonds is 3. The van der Waals surface area contributed by atoms with Gasteiger partial charge in [0.2, 0.25) is 0 Å². The van der Waals surface area contributed by atoms with Crippen LogP contribution in [0.2, 0.25) is 0 Å². The van der Waals surface area contributed by atoms with Crippen molar-refractivity contribution in [3.8, 4) is 0 Å². The minimum atomic E-state index is -0.439. The van der Waals surface area contributed by atoms with Crippen LogP contribution >= 0.6 is 11.3 Å². The number of aromatic amines is 1. The summed E-state index contributed by atoms with van der Waals surface area (Å²) in [6.07, 6.45) is 2.34. The molecule has 1 saturated heterocycles. The fraction of sp³-hybridized carbons (Fsp3) is 0.346. The minimum Gasteiger partial charge on any atom is -0.422 e. The molecule has 7 nitrogen and oxygen atoms in total. The molecule has 0 unspecified atom stereocenters. The van der Waals surface area contributed by atoms with Gasteiger partial charge in [-0.3, -0.25) is 9.69 Å². The summed E-state index contributed by atoms with van der Waals surface area (Å²) in [4.78, 5) is 37.7. The van der Waals surface area contributed by atoms with E-state index in [0.717, 1.165) is 61.1 Å². The molecule has 1 aromatic carbocycles. The van der Waals surface area contributed by atoms with Crippen LogP contribution in [0.3, 0.4) is 0 Å². The second-order valence-electron chi connectivity index (χ2n) is 9.00. The largest absolute Gasteiger partial charge is 0.422 e. The topological polar surface area (TPSA) is 88.4 Å². The summed E-state index contributed by atoms with van der Waals surface area (Å²) < 4.78 is 12.3. The molecule has 0 bridgehead atoms. The molecule has 0 amide bonds. The number of morpholine rings is 1. The van der Waals surface area contributed by atoms with Gasteiger partial charge in [0, 0.05) is 53.2 Å². The van der Waals surface area contributed by atoms with Gasteiger partial charge in [-0.1, -0.05) is 6.92 Å². The first-order chi connectivity index (χ1) is 16.5. The molecule has 5 aromatic rings. The molecular weight excluding hydrogens is 450 g/mol. The van der Waals surface area contributed by atoms with Crippen LogP contribution in [0.4, 0.5) is 0 Å². The highest BCUT2D eigenvalue weighted by Crippen LogP contribution is 2.40. The number of H-pyrrole nitrogens is 1. The van der Waals surface area contributed by atoms with E-state index < -0.39 is 5.63 Å². The summed E-state index contributed by atoms with van der Waals surface area (Å²) in [5.41, 5.74) is 4.28. The van der Waals surface area contributed by atoms with Crippen molar-refractivity contribution >= 4 is 53.5 Å². The summed E-state index contributed by atoms with van der Waals surface area (Å²) in [6.45, 7) is 9.26. The predicted molar refractivity (Wildman–Crippen MR) is 136 cm³/mol. The Labute approximate surface area is 199 Å². The van der Waals surface area contributed by atoms with Crippen LogP contribution < -0.4 is 11.1 Å². The molecule has 5 heterocycles. The second kappa shape index (κ2) is 8.01. The van der Waals surface area contributed by atoms with Crippen molar-refractivity contribution in [2.75, 3.05) is 26.3 Å². The van der Waals surface area contributed by atoms with Gasteiger partial charge >= 0.3 is 5.63 Å². The van der Waals surface area contributed by atoms with Gasteiger partial charge in [-0.05, 0) is 38.0 Å². The molecule has 1 N–H and O–H groups in total. The van der Waals surface area contributed by atoms with Crippen molar-refractivity contribution in [2.45, 2.75) is 33.7 Å². The molecule has 8 heteroatoms. The molecule has 0 saturated carbocycles. The first kappa shape index (κ1) is 21.5. The third kappa shape index (κ3) is 3.20. The molecule has 4 aromatic heterocycles. The van der Waals surface area contributed by atoms with Crippen molar-refractivity contribution in [1.29, 1.82) is 0 Å². The summed E-state index contributed by atoms with van der Waals surface area (Å²) in [5, 5.41) is 3.20. The standard InChI is InChI=1S/C26H25N3O4S/c1-4-15-10-16-20-17(11-27-21-19-13(2)9-14(3)28-25(19)34-24(20)21)26(31)33-23(16)18(22(15)30)12-29-5-7-32-8-6-29/h9-11,27H,4-8,12H2,1-3H3. The van der Waals surface area contributed by atoms with E-state index in [9.17, 15) is 9.59 Å². The fourth-order valence-electron chi connectivity index (χ4n) is 5.13. The quantitative estimate of drug-likeness (QED) is 0.307. The van der Waals surface area contributed by atoms with E-state index in [4.69, 9.17) is 14.1 Å². The zero-order valence-corrected chi connectivity index (χ0v) is 20.2. The molecule has 0 spiro atoms. The van der Waals surface area contributed by atoms with Gasteiger partial charge in [0.05, 0.1) is 34.4 Å². The maximum Gasteiger partial charge on any atom is 0.345 e. The second-order valence-corrected chi connectivity index (χ2v) is 9.99. The number of hydrogen-bond acceptors (Lipinski definition) is 7. The highest BCUT2D eigenvalue weighted by atomic mass is 32.1. The number of aryl methyl sites for hydroxylation is 3. The lowest BCUT2D eigenvalue weighted by atomic mass is 9.99. The Kier molecular flexibility index (Phi) is 5.05. The maximum atomic E-state index is 13.4. The lowest BCUT2D eigenvalue weighted by Gasteiger charge is -2.26. The summed E-state index contributed by atoms with van der Waals surface area (Å²) in [5.74, 6) is 0. The molecule has 1 fully saturated rings. The number of nitrogens with one attached hydrogen (secondary N) is 1. The van der Waals surface area contributed by atoms with Gasteiger partial charge in [-0.2, -0.15) is 0 Å². The van der Waals surface area contributed by atoms with Crippen LogP contribution in [-0.4, -0.2) is 41.2 Å². The van der Waals surface area contributed by atoms with Crippen LogP contribution in [0.1, 0.15) is 29.3 Å². The Balaban J connectivity index is 1.75. The number of hydrogen-bond donors (Lipinski definition) is 1. The Bertz CT molecular complexity index is 1720. The van der Waals surface area contributed by atoms with Crippen molar-refractivity contribution in [2.24, 2.45) is 0 Å². The monoisotopic (exact) mass is 475 g/mol. The fourth-order valence-corrected chi connectivity index (χ4v) is 6.46. The van der Waals surface area contributed by atoms with Gasteiger partial charge in [0.15, 0.2) is 5.43 Å². The first-order valence-corrected chi connectivity index (χ1v) is 12.4. The van der Waals surface area contributed by atoms with Crippen LogP contribution in [0.5, 0.6) is 0 Å². The number of pyridine rings is 2. The van der Waals surface area contributed by atoms with Gasteiger partial charge in [-0.15, -0.1) is 11.3 Å². The molecule has 34 heavy (non-hydrogen) atoms. The zero-order valence-electron chi connectivity index (χ0n) is 19.4. The van der Waals surface area contributed by atoms with E-state index in [1.54, 1.807) is 17.5 Å². The first-order valence-electron chi connectivity index (χ1n) is 11.6. The van der Waals surface area contributed by atoms with Gasteiger partial charge in [-0.25, -0.2) is 9.78 Å². The molecule has 1 aliphatic rings. The van der Waals surface area contributed by atoms with E-state index in [2.05, 4.69) is 22.9 Å². The van der Waals surface area contributed by atoms with E-state index in [-0.39, 0.29) is 5.43 Å². The predicted octanol–water partition coefficient (Wildman–Crippen LogP) is 4.41. The van der Waals surface area contributed by atoms with E-state index in [1.807, 2.05) is 19.9 Å². The molecule has 0 aliphatic carbocycles. The number of aromatic nitrogens is 2. The molecule has 174 valence electrons.